The molecule has 7 heteroatoms. The Labute approximate surface area is 163 Å². The number of rotatable bonds is 4. The molecule has 2 amide bonds. The number of anilines is 1. The van der Waals surface area contributed by atoms with Crippen molar-refractivity contribution in [3.05, 3.63) is 54.0 Å². The molecular weight excluding hydrogens is 354 g/mol. The maximum Gasteiger partial charge on any atom is 0.319 e. The largest absolute Gasteiger partial charge is 0.493 e. The van der Waals surface area contributed by atoms with Gasteiger partial charge in [0.15, 0.2) is 5.65 Å². The molecule has 1 aliphatic carbocycles. The molecule has 2 aliphatic rings. The lowest BCUT2D eigenvalue weighted by atomic mass is 9.85. The molecule has 1 saturated carbocycles. The molecule has 0 saturated heterocycles. The number of nitrogens with zero attached hydrogens (tertiary/aromatic N) is 3. The van der Waals surface area contributed by atoms with Crippen LogP contribution in [0.3, 0.4) is 0 Å². The highest BCUT2D eigenvalue weighted by Crippen LogP contribution is 2.36. The number of ether oxygens (including phenoxy) is 1. The van der Waals surface area contributed by atoms with E-state index in [1.807, 2.05) is 47.9 Å². The minimum absolute atomic E-state index is 0.0483. The van der Waals surface area contributed by atoms with Crippen LogP contribution in [0.2, 0.25) is 0 Å². The maximum atomic E-state index is 12.5. The fourth-order valence-corrected chi connectivity index (χ4v) is 4.00. The molecule has 2 atom stereocenters. The zero-order valence-corrected chi connectivity index (χ0v) is 15.8. The van der Waals surface area contributed by atoms with Crippen molar-refractivity contribution in [1.29, 1.82) is 0 Å². The van der Waals surface area contributed by atoms with Crippen molar-refractivity contribution in [2.45, 2.75) is 44.1 Å². The number of pyridine rings is 1. The second-order valence-electron chi connectivity index (χ2n) is 7.67. The molecular formula is C21H23N5O2. The normalized spacial score (nSPS) is 19.5. The molecule has 3 heterocycles. The first kappa shape index (κ1) is 17.0. The lowest BCUT2D eigenvalue weighted by Crippen LogP contribution is -2.40. The molecule has 1 fully saturated rings. The van der Waals surface area contributed by atoms with Crippen LogP contribution in [0.1, 0.15) is 49.4 Å². The molecule has 28 heavy (non-hydrogen) atoms. The number of aromatic nitrogens is 3. The van der Waals surface area contributed by atoms with Crippen molar-refractivity contribution in [1.82, 2.24) is 19.9 Å². The standard InChI is InChI=1S/C21H23N5O2/c1-13(17-12-28-18-8-3-2-7-16(17)18)22-21(27)23-15-9-10-19-24-25-20(26(19)11-15)14-5-4-6-14/h2-3,7-11,13-14,17H,4-6,12H2,1H3,(H2,22,23,27)/t13-,17+/m1/s1. The van der Waals surface area contributed by atoms with Crippen LogP contribution in [0, 0.1) is 0 Å². The van der Waals surface area contributed by atoms with Gasteiger partial charge >= 0.3 is 6.03 Å². The van der Waals surface area contributed by atoms with E-state index in [2.05, 4.69) is 26.9 Å². The molecule has 2 N–H and O–H groups in total. The molecule has 0 bridgehead atoms. The molecule has 144 valence electrons. The van der Waals surface area contributed by atoms with E-state index in [0.717, 1.165) is 41.3 Å². The number of carbonyl (C=O) groups excluding carboxylic acids is 1. The molecule has 0 radical (unpaired) electrons. The van der Waals surface area contributed by atoms with E-state index < -0.39 is 0 Å². The summed E-state index contributed by atoms with van der Waals surface area (Å²) in [5.41, 5.74) is 2.67. The van der Waals surface area contributed by atoms with Crippen LogP contribution in [0.25, 0.3) is 5.65 Å². The molecule has 0 unspecified atom stereocenters. The maximum absolute atomic E-state index is 12.5. The third-order valence-electron chi connectivity index (χ3n) is 5.86. The Bertz CT molecular complexity index is 1030. The van der Waals surface area contributed by atoms with Crippen LogP contribution in [-0.4, -0.2) is 33.3 Å². The van der Waals surface area contributed by atoms with E-state index in [1.54, 1.807) is 0 Å². The number of carbonyl (C=O) groups is 1. The van der Waals surface area contributed by atoms with E-state index in [1.165, 1.54) is 6.42 Å². The summed E-state index contributed by atoms with van der Waals surface area (Å²) >= 11 is 0. The smallest absolute Gasteiger partial charge is 0.319 e. The number of para-hydroxylation sites is 1. The average Bonchev–Trinajstić information content (AvgIpc) is 3.25. The highest BCUT2D eigenvalue weighted by molar-refractivity contribution is 5.89. The lowest BCUT2D eigenvalue weighted by Gasteiger charge is -2.23. The monoisotopic (exact) mass is 377 g/mol. The highest BCUT2D eigenvalue weighted by Gasteiger charge is 2.29. The summed E-state index contributed by atoms with van der Waals surface area (Å²) in [6.45, 7) is 2.59. The summed E-state index contributed by atoms with van der Waals surface area (Å²) in [5.74, 6) is 2.51. The van der Waals surface area contributed by atoms with Crippen molar-refractivity contribution in [2.24, 2.45) is 0 Å². The summed E-state index contributed by atoms with van der Waals surface area (Å²) in [7, 11) is 0. The van der Waals surface area contributed by atoms with Crippen LogP contribution in [0.15, 0.2) is 42.6 Å². The van der Waals surface area contributed by atoms with E-state index >= 15 is 0 Å². The predicted octanol–water partition coefficient (Wildman–Crippen LogP) is 3.68. The van der Waals surface area contributed by atoms with Gasteiger partial charge in [0.2, 0.25) is 0 Å². The Hall–Kier alpha value is -3.09. The van der Waals surface area contributed by atoms with Gasteiger partial charge in [-0.05, 0) is 38.0 Å². The van der Waals surface area contributed by atoms with Gasteiger partial charge in [-0.15, -0.1) is 10.2 Å². The summed E-state index contributed by atoms with van der Waals surface area (Å²) in [5, 5.41) is 14.5. The van der Waals surface area contributed by atoms with Crippen LogP contribution in [0.5, 0.6) is 5.75 Å². The fourth-order valence-electron chi connectivity index (χ4n) is 4.00. The fraction of sp³-hybridized carbons (Fsp3) is 0.381. The Balaban J connectivity index is 1.28. The second-order valence-corrected chi connectivity index (χ2v) is 7.67. The van der Waals surface area contributed by atoms with E-state index in [9.17, 15) is 4.79 Å². The first-order valence-corrected chi connectivity index (χ1v) is 9.83. The zero-order valence-electron chi connectivity index (χ0n) is 15.8. The molecule has 5 rings (SSSR count). The quantitative estimate of drug-likeness (QED) is 0.727. The Kier molecular flexibility index (Phi) is 4.15. The molecule has 1 aromatic carbocycles. The van der Waals surface area contributed by atoms with E-state index in [4.69, 9.17) is 4.74 Å². The highest BCUT2D eigenvalue weighted by atomic mass is 16.5. The summed E-state index contributed by atoms with van der Waals surface area (Å²) in [4.78, 5) is 12.5. The summed E-state index contributed by atoms with van der Waals surface area (Å²) in [6, 6.07) is 11.5. The van der Waals surface area contributed by atoms with Gasteiger partial charge < -0.3 is 15.4 Å². The van der Waals surface area contributed by atoms with E-state index in [-0.39, 0.29) is 18.0 Å². The summed E-state index contributed by atoms with van der Waals surface area (Å²) in [6.07, 6.45) is 5.45. The molecule has 7 nitrogen and oxygen atoms in total. The van der Waals surface area contributed by atoms with Crippen molar-refractivity contribution < 1.29 is 9.53 Å². The van der Waals surface area contributed by atoms with Crippen LogP contribution >= 0.6 is 0 Å². The van der Waals surface area contributed by atoms with Crippen molar-refractivity contribution in [2.75, 3.05) is 11.9 Å². The van der Waals surface area contributed by atoms with Gasteiger partial charge in [-0.2, -0.15) is 0 Å². The number of hydrogen-bond donors (Lipinski definition) is 2. The average molecular weight is 377 g/mol. The molecule has 0 spiro atoms. The van der Waals surface area contributed by atoms with Gasteiger partial charge in [-0.1, -0.05) is 24.6 Å². The van der Waals surface area contributed by atoms with Crippen molar-refractivity contribution in [3.8, 4) is 5.75 Å². The van der Waals surface area contributed by atoms with Crippen LogP contribution in [-0.2, 0) is 0 Å². The number of amides is 2. The molecule has 2 aromatic heterocycles. The first-order chi connectivity index (χ1) is 13.7. The lowest BCUT2D eigenvalue weighted by molar-refractivity contribution is 0.244. The summed E-state index contributed by atoms with van der Waals surface area (Å²) < 4.78 is 7.72. The molecule has 3 aromatic rings. The molecule has 1 aliphatic heterocycles. The number of nitrogens with one attached hydrogen (secondary N) is 2. The minimum Gasteiger partial charge on any atom is -0.493 e. The van der Waals surface area contributed by atoms with Gasteiger partial charge in [0.1, 0.15) is 11.6 Å². The second kappa shape index (κ2) is 6.82. The first-order valence-electron chi connectivity index (χ1n) is 9.83. The Morgan fingerprint density at radius 1 is 1.21 bits per heavy atom. The third kappa shape index (κ3) is 2.96. The van der Waals surface area contributed by atoms with Gasteiger partial charge in [0, 0.05) is 29.6 Å². The van der Waals surface area contributed by atoms with Crippen molar-refractivity contribution >= 4 is 17.4 Å². The van der Waals surface area contributed by atoms with Crippen LogP contribution in [0.4, 0.5) is 10.5 Å². The van der Waals surface area contributed by atoms with Gasteiger partial charge in [-0.3, -0.25) is 4.40 Å². The zero-order chi connectivity index (χ0) is 19.1. The van der Waals surface area contributed by atoms with Gasteiger partial charge in [-0.25, -0.2) is 4.79 Å². The van der Waals surface area contributed by atoms with E-state index in [0.29, 0.717) is 12.5 Å². The number of fused-ring (bicyclic) bond motifs is 2. The van der Waals surface area contributed by atoms with Gasteiger partial charge in [0.05, 0.1) is 12.3 Å². The third-order valence-corrected chi connectivity index (χ3v) is 5.86. The Morgan fingerprint density at radius 2 is 2.07 bits per heavy atom. The van der Waals surface area contributed by atoms with Gasteiger partial charge in [0.25, 0.3) is 0 Å². The van der Waals surface area contributed by atoms with Crippen molar-refractivity contribution in [3.63, 3.8) is 0 Å². The minimum atomic E-state index is -0.227. The number of urea groups is 1. The number of benzene rings is 1. The topological polar surface area (TPSA) is 80.5 Å². The predicted molar refractivity (Wildman–Crippen MR) is 106 cm³/mol. The number of hydrogen-bond acceptors (Lipinski definition) is 4. The van der Waals surface area contributed by atoms with Crippen LogP contribution < -0.4 is 15.4 Å². The SMILES string of the molecule is C[C@@H](NC(=O)Nc1ccc2nnc(C3CCC3)n2c1)[C@@H]1COc2ccccc21. The Morgan fingerprint density at radius 3 is 2.89 bits per heavy atom.